The van der Waals surface area contributed by atoms with Crippen molar-refractivity contribution in [3.63, 3.8) is 0 Å². The molecule has 0 aliphatic carbocycles. The van der Waals surface area contributed by atoms with E-state index in [0.717, 1.165) is 17.0 Å². The van der Waals surface area contributed by atoms with Crippen LogP contribution in [0.15, 0.2) is 47.1 Å². The number of carbonyl (C=O) groups excluding carboxylic acids is 1. The van der Waals surface area contributed by atoms with Crippen molar-refractivity contribution >= 4 is 11.6 Å². The number of amides is 1. The predicted molar refractivity (Wildman–Crippen MR) is 79.4 cm³/mol. The molecule has 0 fully saturated rings. The van der Waals surface area contributed by atoms with Gasteiger partial charge in [-0.3, -0.25) is 4.79 Å². The summed E-state index contributed by atoms with van der Waals surface area (Å²) in [6.45, 7) is 5.66. The quantitative estimate of drug-likeness (QED) is 0.873. The minimum Gasteiger partial charge on any atom is -0.468 e. The van der Waals surface area contributed by atoms with Crippen LogP contribution in [0.25, 0.3) is 0 Å². The second-order valence-corrected chi connectivity index (χ2v) is 4.93. The molecule has 2 atom stereocenters. The molecule has 0 aliphatic rings. The normalized spacial score (nSPS) is 13.8. The van der Waals surface area contributed by atoms with Gasteiger partial charge in [0.25, 0.3) is 0 Å². The Hall–Kier alpha value is -2.07. The van der Waals surface area contributed by atoms with Gasteiger partial charge in [0.2, 0.25) is 5.91 Å². The molecule has 1 aromatic heterocycles. The topological polar surface area (TPSA) is 54.3 Å². The standard InChI is InChI=1S/C16H20N2O2/c1-11(17-12(2)16-8-5-9-20-16)14-6-4-7-15(10-14)18-13(3)19/h4-12,17H,1-3H3,(H,18,19)/t11?,12-/m0/s1. The molecular formula is C16H20N2O2. The molecule has 2 N–H and O–H groups in total. The molecule has 4 heteroatoms. The number of furan rings is 1. The number of nitrogens with one attached hydrogen (secondary N) is 2. The molecule has 1 heterocycles. The molecule has 106 valence electrons. The fraction of sp³-hybridized carbons (Fsp3) is 0.312. The Kier molecular flexibility index (Phi) is 4.58. The van der Waals surface area contributed by atoms with Crippen molar-refractivity contribution in [2.45, 2.75) is 32.9 Å². The molecular weight excluding hydrogens is 252 g/mol. The summed E-state index contributed by atoms with van der Waals surface area (Å²) in [4.78, 5) is 11.1. The summed E-state index contributed by atoms with van der Waals surface area (Å²) in [5.74, 6) is 0.849. The van der Waals surface area contributed by atoms with E-state index in [1.54, 1.807) is 6.26 Å². The van der Waals surface area contributed by atoms with E-state index in [0.29, 0.717) is 0 Å². The summed E-state index contributed by atoms with van der Waals surface area (Å²) in [5, 5.41) is 6.27. The van der Waals surface area contributed by atoms with Gasteiger partial charge in [0, 0.05) is 18.7 Å². The fourth-order valence-corrected chi connectivity index (χ4v) is 2.18. The van der Waals surface area contributed by atoms with Crippen molar-refractivity contribution in [2.24, 2.45) is 0 Å². The van der Waals surface area contributed by atoms with Crippen LogP contribution < -0.4 is 10.6 Å². The van der Waals surface area contributed by atoms with E-state index in [4.69, 9.17) is 4.42 Å². The van der Waals surface area contributed by atoms with E-state index in [1.165, 1.54) is 6.92 Å². The Morgan fingerprint density at radius 3 is 2.60 bits per heavy atom. The smallest absolute Gasteiger partial charge is 0.221 e. The Morgan fingerprint density at radius 2 is 1.95 bits per heavy atom. The third-order valence-electron chi connectivity index (χ3n) is 3.18. The first-order valence-corrected chi connectivity index (χ1v) is 6.73. The number of benzene rings is 1. The molecule has 2 rings (SSSR count). The highest BCUT2D eigenvalue weighted by atomic mass is 16.3. The van der Waals surface area contributed by atoms with Crippen LogP contribution in [0.3, 0.4) is 0 Å². The zero-order chi connectivity index (χ0) is 14.5. The maximum atomic E-state index is 11.1. The van der Waals surface area contributed by atoms with Gasteiger partial charge in [-0.1, -0.05) is 12.1 Å². The first kappa shape index (κ1) is 14.3. The number of hydrogen-bond donors (Lipinski definition) is 2. The highest BCUT2D eigenvalue weighted by Gasteiger charge is 2.13. The Balaban J connectivity index is 2.05. The summed E-state index contributed by atoms with van der Waals surface area (Å²) < 4.78 is 5.39. The van der Waals surface area contributed by atoms with Crippen LogP contribution in [0.1, 0.15) is 44.2 Å². The molecule has 0 saturated heterocycles. The Morgan fingerprint density at radius 1 is 1.15 bits per heavy atom. The molecule has 0 radical (unpaired) electrons. The second-order valence-electron chi connectivity index (χ2n) is 4.93. The van der Waals surface area contributed by atoms with Gasteiger partial charge >= 0.3 is 0 Å². The summed E-state index contributed by atoms with van der Waals surface area (Å²) >= 11 is 0. The molecule has 1 unspecified atom stereocenters. The van der Waals surface area contributed by atoms with Gasteiger partial charge in [-0.2, -0.15) is 0 Å². The highest BCUT2D eigenvalue weighted by molar-refractivity contribution is 5.88. The number of anilines is 1. The molecule has 4 nitrogen and oxygen atoms in total. The van der Waals surface area contributed by atoms with Crippen molar-refractivity contribution in [3.8, 4) is 0 Å². The molecule has 0 spiro atoms. The zero-order valence-electron chi connectivity index (χ0n) is 12.0. The lowest BCUT2D eigenvalue weighted by Gasteiger charge is -2.19. The molecule has 20 heavy (non-hydrogen) atoms. The van der Waals surface area contributed by atoms with Crippen LogP contribution in [0.2, 0.25) is 0 Å². The van der Waals surface area contributed by atoms with Crippen LogP contribution in [0, 0.1) is 0 Å². The molecule has 0 saturated carbocycles. The molecule has 1 aromatic carbocycles. The van der Waals surface area contributed by atoms with Crippen LogP contribution in [-0.2, 0) is 4.79 Å². The summed E-state index contributed by atoms with van der Waals surface area (Å²) in [6, 6.07) is 12.0. The van der Waals surface area contributed by atoms with Crippen molar-refractivity contribution in [2.75, 3.05) is 5.32 Å². The minimum atomic E-state index is -0.0632. The van der Waals surface area contributed by atoms with Gasteiger partial charge in [0.05, 0.1) is 12.3 Å². The number of hydrogen-bond acceptors (Lipinski definition) is 3. The van der Waals surface area contributed by atoms with Crippen molar-refractivity contribution < 1.29 is 9.21 Å². The minimum absolute atomic E-state index is 0.0632. The van der Waals surface area contributed by atoms with Crippen molar-refractivity contribution in [1.82, 2.24) is 5.32 Å². The van der Waals surface area contributed by atoms with Crippen LogP contribution in [-0.4, -0.2) is 5.91 Å². The molecule has 0 aliphatic heterocycles. The van der Waals surface area contributed by atoms with Gasteiger partial charge in [0.1, 0.15) is 5.76 Å². The monoisotopic (exact) mass is 272 g/mol. The second kappa shape index (κ2) is 6.39. The van der Waals surface area contributed by atoms with Gasteiger partial charge < -0.3 is 15.1 Å². The lowest BCUT2D eigenvalue weighted by atomic mass is 10.1. The summed E-state index contributed by atoms with van der Waals surface area (Å²) in [5.41, 5.74) is 1.93. The largest absolute Gasteiger partial charge is 0.468 e. The third-order valence-corrected chi connectivity index (χ3v) is 3.18. The zero-order valence-corrected chi connectivity index (χ0v) is 12.0. The van der Waals surface area contributed by atoms with E-state index in [-0.39, 0.29) is 18.0 Å². The maximum absolute atomic E-state index is 11.1. The Bertz CT molecular complexity index is 564. The van der Waals surface area contributed by atoms with E-state index >= 15 is 0 Å². The molecule has 0 bridgehead atoms. The molecule has 2 aromatic rings. The lowest BCUT2D eigenvalue weighted by Crippen LogP contribution is -2.22. The van der Waals surface area contributed by atoms with E-state index < -0.39 is 0 Å². The van der Waals surface area contributed by atoms with E-state index in [1.807, 2.05) is 36.4 Å². The first-order valence-electron chi connectivity index (χ1n) is 6.73. The lowest BCUT2D eigenvalue weighted by molar-refractivity contribution is -0.114. The maximum Gasteiger partial charge on any atom is 0.221 e. The van der Waals surface area contributed by atoms with Gasteiger partial charge in [-0.15, -0.1) is 0 Å². The van der Waals surface area contributed by atoms with Crippen LogP contribution >= 0.6 is 0 Å². The van der Waals surface area contributed by atoms with Crippen molar-refractivity contribution in [3.05, 3.63) is 54.0 Å². The van der Waals surface area contributed by atoms with Gasteiger partial charge in [-0.25, -0.2) is 0 Å². The van der Waals surface area contributed by atoms with Crippen LogP contribution in [0.5, 0.6) is 0 Å². The summed E-state index contributed by atoms with van der Waals surface area (Å²) in [6.07, 6.45) is 1.68. The third kappa shape index (κ3) is 3.71. The average Bonchev–Trinajstić information content (AvgIpc) is 2.92. The number of rotatable bonds is 5. The van der Waals surface area contributed by atoms with Crippen LogP contribution in [0.4, 0.5) is 5.69 Å². The summed E-state index contributed by atoms with van der Waals surface area (Å²) in [7, 11) is 0. The SMILES string of the molecule is CC(=O)Nc1cccc(C(C)N[C@@H](C)c2ccco2)c1. The van der Waals surface area contributed by atoms with E-state index in [9.17, 15) is 4.79 Å². The Labute approximate surface area is 119 Å². The highest BCUT2D eigenvalue weighted by Crippen LogP contribution is 2.21. The van der Waals surface area contributed by atoms with Crippen molar-refractivity contribution in [1.29, 1.82) is 0 Å². The van der Waals surface area contributed by atoms with Gasteiger partial charge in [-0.05, 0) is 43.7 Å². The fourth-order valence-electron chi connectivity index (χ4n) is 2.18. The molecule has 1 amide bonds. The van der Waals surface area contributed by atoms with E-state index in [2.05, 4.69) is 24.5 Å². The number of carbonyl (C=O) groups is 1. The predicted octanol–water partition coefficient (Wildman–Crippen LogP) is 3.65. The average molecular weight is 272 g/mol. The van der Waals surface area contributed by atoms with Gasteiger partial charge in [0.15, 0.2) is 0 Å². The first-order chi connectivity index (χ1) is 9.56.